The summed E-state index contributed by atoms with van der Waals surface area (Å²) in [4.78, 5) is 18.6. The van der Waals surface area contributed by atoms with Crippen LogP contribution in [0.4, 0.5) is 0 Å². The second-order valence-electron chi connectivity index (χ2n) is 5.21. The zero-order valence-corrected chi connectivity index (χ0v) is 12.1. The number of morpholine rings is 1. The fraction of sp³-hybridized carbons (Fsp3) is 0.500. The summed E-state index contributed by atoms with van der Waals surface area (Å²) < 4.78 is 7.00. The number of rotatable bonds is 2. The lowest BCUT2D eigenvalue weighted by Gasteiger charge is -2.34. The Morgan fingerprint density at radius 3 is 3.14 bits per heavy atom. The summed E-state index contributed by atoms with van der Waals surface area (Å²) in [6.45, 7) is 3.12. The molecule has 1 aliphatic heterocycles. The quantitative estimate of drug-likeness (QED) is 0.849. The number of carbonyl (C=O) groups is 1. The Hall–Kier alpha value is -1.99. The van der Waals surface area contributed by atoms with Crippen molar-refractivity contribution in [2.45, 2.75) is 13.0 Å². The summed E-state index contributed by atoms with van der Waals surface area (Å²) in [5, 5.41) is 14.5. The molecule has 0 aliphatic carbocycles. The standard InChI is InChI=1S/C14H18N4O3/c1-9-12-5-10(6-15-13(12)17(2)16-9)14(20)18-3-4-21-8-11(18)7-19/h5-6,11,19H,3-4,7-8H2,1-2H3. The number of aliphatic hydroxyl groups excluding tert-OH is 1. The van der Waals surface area contributed by atoms with Gasteiger partial charge in [0, 0.05) is 25.2 Å². The van der Waals surface area contributed by atoms with E-state index in [0.717, 1.165) is 16.7 Å². The van der Waals surface area contributed by atoms with E-state index in [0.29, 0.717) is 25.3 Å². The maximum Gasteiger partial charge on any atom is 0.255 e. The van der Waals surface area contributed by atoms with Crippen LogP contribution in [0.2, 0.25) is 0 Å². The van der Waals surface area contributed by atoms with Crippen LogP contribution in [-0.4, -0.2) is 63.1 Å². The SMILES string of the molecule is Cc1nn(C)c2ncc(C(=O)N3CCOCC3CO)cc12. The van der Waals surface area contributed by atoms with Gasteiger partial charge in [-0.2, -0.15) is 5.10 Å². The molecule has 7 heteroatoms. The normalized spacial score (nSPS) is 19.2. The highest BCUT2D eigenvalue weighted by molar-refractivity contribution is 5.97. The summed E-state index contributed by atoms with van der Waals surface area (Å²) in [5.41, 5.74) is 2.11. The molecule has 7 nitrogen and oxygen atoms in total. The van der Waals surface area contributed by atoms with Gasteiger partial charge in [0.05, 0.1) is 37.1 Å². The Bertz CT molecular complexity index is 682. The van der Waals surface area contributed by atoms with Crippen LogP contribution in [-0.2, 0) is 11.8 Å². The fourth-order valence-corrected chi connectivity index (χ4v) is 2.66. The van der Waals surface area contributed by atoms with Crippen LogP contribution in [0.25, 0.3) is 11.0 Å². The number of hydrogen-bond donors (Lipinski definition) is 1. The number of pyridine rings is 1. The van der Waals surface area contributed by atoms with Crippen molar-refractivity contribution in [2.24, 2.45) is 7.05 Å². The summed E-state index contributed by atoms with van der Waals surface area (Å²) in [6.07, 6.45) is 1.57. The molecule has 1 unspecified atom stereocenters. The number of hydrogen-bond acceptors (Lipinski definition) is 5. The van der Waals surface area contributed by atoms with Gasteiger partial charge in [-0.25, -0.2) is 4.98 Å². The third-order valence-corrected chi connectivity index (χ3v) is 3.81. The van der Waals surface area contributed by atoms with E-state index in [4.69, 9.17) is 4.74 Å². The summed E-state index contributed by atoms with van der Waals surface area (Å²) in [5.74, 6) is -0.130. The molecule has 112 valence electrons. The highest BCUT2D eigenvalue weighted by Gasteiger charge is 2.28. The second-order valence-corrected chi connectivity index (χ2v) is 5.21. The Balaban J connectivity index is 1.95. The average Bonchev–Trinajstić information content (AvgIpc) is 2.81. The van der Waals surface area contributed by atoms with Crippen LogP contribution in [0.1, 0.15) is 16.1 Å². The van der Waals surface area contributed by atoms with E-state index in [1.807, 2.05) is 20.0 Å². The van der Waals surface area contributed by atoms with Gasteiger partial charge in [0.2, 0.25) is 0 Å². The highest BCUT2D eigenvalue weighted by atomic mass is 16.5. The third kappa shape index (κ3) is 2.38. The molecule has 21 heavy (non-hydrogen) atoms. The van der Waals surface area contributed by atoms with Gasteiger partial charge in [-0.15, -0.1) is 0 Å². The molecule has 1 amide bonds. The smallest absolute Gasteiger partial charge is 0.255 e. The first-order chi connectivity index (χ1) is 10.1. The number of carbonyl (C=O) groups excluding carboxylic acids is 1. The summed E-state index contributed by atoms with van der Waals surface area (Å²) >= 11 is 0. The number of ether oxygens (including phenoxy) is 1. The Morgan fingerprint density at radius 1 is 1.57 bits per heavy atom. The molecule has 2 aromatic rings. The van der Waals surface area contributed by atoms with Crippen LogP contribution < -0.4 is 0 Å². The van der Waals surface area contributed by atoms with E-state index in [1.165, 1.54) is 0 Å². The van der Waals surface area contributed by atoms with Crippen LogP contribution in [0.3, 0.4) is 0 Å². The van der Waals surface area contributed by atoms with E-state index in [1.54, 1.807) is 15.8 Å². The van der Waals surface area contributed by atoms with Crippen molar-refractivity contribution in [1.82, 2.24) is 19.7 Å². The number of amides is 1. The van der Waals surface area contributed by atoms with E-state index in [2.05, 4.69) is 10.1 Å². The summed E-state index contributed by atoms with van der Waals surface area (Å²) in [7, 11) is 1.83. The van der Waals surface area contributed by atoms with Crippen molar-refractivity contribution >= 4 is 16.9 Å². The molecule has 0 spiro atoms. The Labute approximate surface area is 122 Å². The monoisotopic (exact) mass is 290 g/mol. The van der Waals surface area contributed by atoms with E-state index >= 15 is 0 Å². The number of aliphatic hydroxyl groups is 1. The summed E-state index contributed by atoms with van der Waals surface area (Å²) in [6, 6.07) is 1.52. The molecule has 1 N–H and O–H groups in total. The Kier molecular flexibility index (Phi) is 3.60. The molecule has 1 atom stereocenters. The highest BCUT2D eigenvalue weighted by Crippen LogP contribution is 2.19. The molecular formula is C14H18N4O3. The van der Waals surface area contributed by atoms with Crippen LogP contribution in [0.15, 0.2) is 12.3 Å². The number of aryl methyl sites for hydroxylation is 2. The zero-order valence-electron chi connectivity index (χ0n) is 12.1. The lowest BCUT2D eigenvalue weighted by atomic mass is 10.1. The lowest BCUT2D eigenvalue weighted by Crippen LogP contribution is -2.50. The van der Waals surface area contributed by atoms with Crippen molar-refractivity contribution < 1.29 is 14.6 Å². The van der Waals surface area contributed by atoms with E-state index < -0.39 is 0 Å². The van der Waals surface area contributed by atoms with Crippen molar-refractivity contribution in [3.05, 3.63) is 23.5 Å². The lowest BCUT2D eigenvalue weighted by molar-refractivity contribution is -0.0184. The van der Waals surface area contributed by atoms with Gasteiger partial charge in [-0.05, 0) is 13.0 Å². The van der Waals surface area contributed by atoms with Crippen LogP contribution >= 0.6 is 0 Å². The van der Waals surface area contributed by atoms with Gasteiger partial charge in [-0.1, -0.05) is 0 Å². The van der Waals surface area contributed by atoms with Crippen molar-refractivity contribution in [3.8, 4) is 0 Å². The third-order valence-electron chi connectivity index (χ3n) is 3.81. The van der Waals surface area contributed by atoms with Gasteiger partial charge in [0.25, 0.3) is 5.91 Å². The molecule has 0 bridgehead atoms. The minimum Gasteiger partial charge on any atom is -0.394 e. The minimum atomic E-state index is -0.294. The molecule has 2 aromatic heterocycles. The van der Waals surface area contributed by atoms with Crippen LogP contribution in [0, 0.1) is 6.92 Å². The molecule has 1 saturated heterocycles. The molecule has 3 rings (SSSR count). The first-order valence-corrected chi connectivity index (χ1v) is 6.90. The van der Waals surface area contributed by atoms with Gasteiger partial charge in [0.1, 0.15) is 0 Å². The fourth-order valence-electron chi connectivity index (χ4n) is 2.66. The molecular weight excluding hydrogens is 272 g/mol. The largest absolute Gasteiger partial charge is 0.394 e. The first kappa shape index (κ1) is 14.0. The maximum atomic E-state index is 12.6. The van der Waals surface area contributed by atoms with Gasteiger partial charge in [0.15, 0.2) is 5.65 Å². The van der Waals surface area contributed by atoms with Gasteiger partial charge in [-0.3, -0.25) is 9.48 Å². The molecule has 1 aliphatic rings. The molecule has 1 fully saturated rings. The average molecular weight is 290 g/mol. The molecule has 0 radical (unpaired) electrons. The first-order valence-electron chi connectivity index (χ1n) is 6.90. The maximum absolute atomic E-state index is 12.6. The van der Waals surface area contributed by atoms with Crippen molar-refractivity contribution in [2.75, 3.05) is 26.4 Å². The zero-order chi connectivity index (χ0) is 15.0. The number of aromatic nitrogens is 3. The number of fused-ring (bicyclic) bond motifs is 1. The van der Waals surface area contributed by atoms with Crippen LogP contribution in [0.5, 0.6) is 0 Å². The second kappa shape index (κ2) is 5.42. The van der Waals surface area contributed by atoms with Gasteiger partial charge < -0.3 is 14.7 Å². The van der Waals surface area contributed by atoms with Crippen molar-refractivity contribution in [1.29, 1.82) is 0 Å². The van der Waals surface area contributed by atoms with E-state index in [-0.39, 0.29) is 18.6 Å². The van der Waals surface area contributed by atoms with Gasteiger partial charge >= 0.3 is 0 Å². The molecule has 0 saturated carbocycles. The van der Waals surface area contributed by atoms with Crippen molar-refractivity contribution in [3.63, 3.8) is 0 Å². The molecule has 3 heterocycles. The minimum absolute atomic E-state index is 0.104. The number of nitrogens with zero attached hydrogens (tertiary/aromatic N) is 4. The predicted molar refractivity (Wildman–Crippen MR) is 76.0 cm³/mol. The van der Waals surface area contributed by atoms with E-state index in [9.17, 15) is 9.90 Å². The molecule has 0 aromatic carbocycles. The topological polar surface area (TPSA) is 80.5 Å². The Morgan fingerprint density at radius 2 is 2.38 bits per heavy atom. The predicted octanol–water partition coefficient (Wildman–Crippen LogP) is 0.110.